The van der Waals surface area contributed by atoms with Gasteiger partial charge >= 0.3 is 5.97 Å². The number of ether oxygens (including phenoxy) is 1. The van der Waals surface area contributed by atoms with Crippen molar-refractivity contribution in [3.05, 3.63) is 77.2 Å². The molecule has 2 aliphatic rings. The molecule has 0 bridgehead atoms. The number of rotatable bonds is 2. The molecule has 0 unspecified atom stereocenters. The monoisotopic (exact) mass is 323 g/mol. The standard InChI is InChI=1S/C19H14FNO3/c20-13-7-4-8-14(9-13)21-16-11-24-19(23)18(16)15(10-17(21)22)12-5-2-1-3-6-12/h1-9,15H,10-11H2/t15-/m0/s1. The lowest BCUT2D eigenvalue weighted by molar-refractivity contribution is -0.136. The van der Waals surface area contributed by atoms with Crippen molar-refractivity contribution in [1.29, 1.82) is 0 Å². The largest absolute Gasteiger partial charge is 0.456 e. The summed E-state index contributed by atoms with van der Waals surface area (Å²) in [5, 5.41) is 0. The summed E-state index contributed by atoms with van der Waals surface area (Å²) in [6.45, 7) is 0.0275. The Labute approximate surface area is 138 Å². The second-order valence-corrected chi connectivity index (χ2v) is 5.81. The van der Waals surface area contributed by atoms with E-state index in [0.717, 1.165) is 5.56 Å². The fraction of sp³-hybridized carbons (Fsp3) is 0.158. The number of nitrogens with zero attached hydrogens (tertiary/aromatic N) is 1. The molecular weight excluding hydrogens is 309 g/mol. The van der Waals surface area contributed by atoms with Crippen LogP contribution in [0, 0.1) is 5.82 Å². The zero-order valence-corrected chi connectivity index (χ0v) is 12.7. The summed E-state index contributed by atoms with van der Waals surface area (Å²) in [6.07, 6.45) is 0.147. The molecule has 24 heavy (non-hydrogen) atoms. The quantitative estimate of drug-likeness (QED) is 0.798. The molecule has 5 heteroatoms. The van der Waals surface area contributed by atoms with Gasteiger partial charge in [-0.2, -0.15) is 0 Å². The molecule has 2 aliphatic heterocycles. The van der Waals surface area contributed by atoms with Gasteiger partial charge in [-0.1, -0.05) is 36.4 Å². The molecule has 4 rings (SSSR count). The van der Waals surface area contributed by atoms with Crippen LogP contribution in [0.4, 0.5) is 10.1 Å². The summed E-state index contributed by atoms with van der Waals surface area (Å²) in [6, 6.07) is 15.2. The maximum Gasteiger partial charge on any atom is 0.336 e. The van der Waals surface area contributed by atoms with Gasteiger partial charge in [0.25, 0.3) is 0 Å². The summed E-state index contributed by atoms with van der Waals surface area (Å²) in [4.78, 5) is 26.4. The highest BCUT2D eigenvalue weighted by Gasteiger charge is 2.42. The second-order valence-electron chi connectivity index (χ2n) is 5.81. The Morgan fingerprint density at radius 3 is 2.58 bits per heavy atom. The van der Waals surface area contributed by atoms with Gasteiger partial charge in [-0.15, -0.1) is 0 Å². The second kappa shape index (κ2) is 5.60. The van der Waals surface area contributed by atoms with Crippen LogP contribution in [0.15, 0.2) is 65.9 Å². The minimum Gasteiger partial charge on any atom is -0.456 e. The average Bonchev–Trinajstić information content (AvgIpc) is 2.96. The zero-order valence-electron chi connectivity index (χ0n) is 12.7. The van der Waals surface area contributed by atoms with Gasteiger partial charge < -0.3 is 4.74 Å². The number of benzene rings is 2. The third-order valence-electron chi connectivity index (χ3n) is 4.39. The molecule has 0 radical (unpaired) electrons. The van der Waals surface area contributed by atoms with Crippen molar-refractivity contribution >= 4 is 17.6 Å². The van der Waals surface area contributed by atoms with Crippen LogP contribution in [-0.4, -0.2) is 18.5 Å². The van der Waals surface area contributed by atoms with Crippen LogP contribution in [0.5, 0.6) is 0 Å². The molecule has 0 N–H and O–H groups in total. The Kier molecular flexibility index (Phi) is 3.41. The van der Waals surface area contributed by atoms with Gasteiger partial charge in [-0.25, -0.2) is 9.18 Å². The van der Waals surface area contributed by atoms with Gasteiger partial charge in [0.2, 0.25) is 5.91 Å². The number of carbonyl (C=O) groups is 2. The number of hydrogen-bond donors (Lipinski definition) is 0. The van der Waals surface area contributed by atoms with Crippen molar-refractivity contribution in [2.45, 2.75) is 12.3 Å². The fourth-order valence-electron chi connectivity index (χ4n) is 3.34. The van der Waals surface area contributed by atoms with Crippen molar-refractivity contribution < 1.29 is 18.7 Å². The smallest absolute Gasteiger partial charge is 0.336 e. The molecule has 4 nitrogen and oxygen atoms in total. The third kappa shape index (κ3) is 2.29. The summed E-state index contributed by atoms with van der Waals surface area (Å²) in [5.41, 5.74) is 2.31. The van der Waals surface area contributed by atoms with Crippen molar-refractivity contribution in [3.63, 3.8) is 0 Å². The number of cyclic esters (lactones) is 1. The van der Waals surface area contributed by atoms with Gasteiger partial charge in [-0.05, 0) is 23.8 Å². The highest BCUT2D eigenvalue weighted by Crippen LogP contribution is 2.41. The van der Waals surface area contributed by atoms with Gasteiger partial charge in [0, 0.05) is 12.3 Å². The van der Waals surface area contributed by atoms with Crippen LogP contribution in [0.3, 0.4) is 0 Å². The first-order valence-electron chi connectivity index (χ1n) is 7.69. The molecule has 0 aliphatic carbocycles. The van der Waals surface area contributed by atoms with Crippen molar-refractivity contribution in [2.75, 3.05) is 11.5 Å². The first kappa shape index (κ1) is 14.6. The van der Waals surface area contributed by atoms with Crippen LogP contribution >= 0.6 is 0 Å². The minimum atomic E-state index is -0.433. The van der Waals surface area contributed by atoms with Gasteiger partial charge in [0.15, 0.2) is 0 Å². The molecular formula is C19H14FNO3. The number of hydrogen-bond acceptors (Lipinski definition) is 3. The number of esters is 1. The van der Waals surface area contributed by atoms with Gasteiger partial charge in [0.05, 0.1) is 17.0 Å². The Morgan fingerprint density at radius 1 is 1.04 bits per heavy atom. The highest BCUT2D eigenvalue weighted by atomic mass is 19.1. The summed E-state index contributed by atoms with van der Waals surface area (Å²) < 4.78 is 18.7. The predicted molar refractivity (Wildman–Crippen MR) is 85.7 cm³/mol. The average molecular weight is 323 g/mol. The van der Waals surface area contributed by atoms with Crippen LogP contribution in [0.2, 0.25) is 0 Å². The molecule has 0 aromatic heterocycles. The Morgan fingerprint density at radius 2 is 1.83 bits per heavy atom. The summed E-state index contributed by atoms with van der Waals surface area (Å²) in [5.74, 6) is -1.34. The lowest BCUT2D eigenvalue weighted by atomic mass is 9.84. The molecule has 0 fully saturated rings. The van der Waals surface area contributed by atoms with Crippen LogP contribution in [-0.2, 0) is 14.3 Å². The van der Waals surface area contributed by atoms with Crippen molar-refractivity contribution in [2.24, 2.45) is 0 Å². The molecule has 2 heterocycles. The van der Waals surface area contributed by atoms with E-state index in [4.69, 9.17) is 4.74 Å². The minimum absolute atomic E-state index is 0.0275. The van der Waals surface area contributed by atoms with Crippen LogP contribution in [0.25, 0.3) is 0 Å². The molecule has 2 aromatic carbocycles. The normalized spacial score (nSPS) is 20.2. The summed E-state index contributed by atoms with van der Waals surface area (Å²) >= 11 is 0. The molecule has 0 saturated carbocycles. The third-order valence-corrected chi connectivity index (χ3v) is 4.39. The maximum absolute atomic E-state index is 13.6. The number of carbonyl (C=O) groups excluding carboxylic acids is 2. The first-order valence-corrected chi connectivity index (χ1v) is 7.69. The topological polar surface area (TPSA) is 46.6 Å². The molecule has 0 saturated heterocycles. The van der Waals surface area contributed by atoms with Gasteiger partial charge in [-0.3, -0.25) is 9.69 Å². The van der Waals surface area contributed by atoms with E-state index in [1.807, 2.05) is 30.3 Å². The molecule has 2 aromatic rings. The lowest BCUT2D eigenvalue weighted by Crippen LogP contribution is -2.37. The number of anilines is 1. The Bertz CT molecular complexity index is 860. The predicted octanol–water partition coefficient (Wildman–Crippen LogP) is 3.16. The van der Waals surface area contributed by atoms with E-state index < -0.39 is 11.8 Å². The first-order chi connectivity index (χ1) is 11.6. The highest BCUT2D eigenvalue weighted by molar-refractivity contribution is 6.06. The maximum atomic E-state index is 13.6. The molecule has 1 amide bonds. The number of halogens is 1. The molecule has 0 spiro atoms. The Balaban J connectivity index is 1.84. The van der Waals surface area contributed by atoms with E-state index in [9.17, 15) is 14.0 Å². The SMILES string of the molecule is O=C1OCC2=C1[C@H](c1ccccc1)CC(=O)N2c1cccc(F)c1. The Hall–Kier alpha value is -2.95. The zero-order chi connectivity index (χ0) is 16.7. The van der Waals surface area contributed by atoms with Crippen molar-refractivity contribution in [3.8, 4) is 0 Å². The van der Waals surface area contributed by atoms with E-state index in [1.54, 1.807) is 12.1 Å². The van der Waals surface area contributed by atoms with E-state index >= 15 is 0 Å². The van der Waals surface area contributed by atoms with Crippen LogP contribution < -0.4 is 4.90 Å². The van der Waals surface area contributed by atoms with E-state index in [1.165, 1.54) is 17.0 Å². The van der Waals surface area contributed by atoms with Crippen LogP contribution in [0.1, 0.15) is 17.9 Å². The van der Waals surface area contributed by atoms with E-state index in [-0.39, 0.29) is 24.9 Å². The fourth-order valence-corrected chi connectivity index (χ4v) is 3.34. The molecule has 120 valence electrons. The lowest BCUT2D eigenvalue weighted by Gasteiger charge is -2.31. The van der Waals surface area contributed by atoms with E-state index in [0.29, 0.717) is 17.0 Å². The molecule has 1 atom stereocenters. The number of amides is 1. The van der Waals surface area contributed by atoms with E-state index in [2.05, 4.69) is 0 Å². The van der Waals surface area contributed by atoms with Crippen molar-refractivity contribution in [1.82, 2.24) is 0 Å². The summed E-state index contributed by atoms with van der Waals surface area (Å²) in [7, 11) is 0. The van der Waals surface area contributed by atoms with Gasteiger partial charge in [0.1, 0.15) is 12.4 Å².